The molecule has 0 saturated carbocycles. The summed E-state index contributed by atoms with van der Waals surface area (Å²) in [7, 11) is -3.42. The van der Waals surface area contributed by atoms with Crippen LogP contribution in [0.2, 0.25) is 0 Å². The van der Waals surface area contributed by atoms with Gasteiger partial charge in [-0.1, -0.05) is 0 Å². The minimum Gasteiger partial charge on any atom is -0.396 e. The summed E-state index contributed by atoms with van der Waals surface area (Å²) in [5.74, 6) is 0. The van der Waals surface area contributed by atoms with E-state index >= 15 is 0 Å². The Bertz CT molecular complexity index is 521. The van der Waals surface area contributed by atoms with E-state index < -0.39 is 10.0 Å². The summed E-state index contributed by atoms with van der Waals surface area (Å²) in [5.41, 5.74) is 0. The fourth-order valence-corrected chi connectivity index (χ4v) is 4.87. The Labute approximate surface area is 124 Å². The first-order valence-electron chi connectivity index (χ1n) is 6.96. The van der Waals surface area contributed by atoms with E-state index in [1.807, 2.05) is 0 Å². The molecule has 0 radical (unpaired) electrons. The Kier molecular flexibility index (Phi) is 5.57. The summed E-state index contributed by atoms with van der Waals surface area (Å²) in [5, 5.41) is 8.87. The highest BCUT2D eigenvalue weighted by atomic mass is 32.2. The molecule has 1 aliphatic rings. The number of thiophene rings is 1. The molecule has 0 amide bonds. The molecular formula is C13H22N2O3S2. The number of rotatable bonds is 7. The average Bonchev–Trinajstić information content (AvgIpc) is 3.07. The van der Waals surface area contributed by atoms with E-state index in [1.165, 1.54) is 24.2 Å². The van der Waals surface area contributed by atoms with Crippen LogP contribution in [0.25, 0.3) is 0 Å². The van der Waals surface area contributed by atoms with Crippen molar-refractivity contribution in [2.45, 2.75) is 36.4 Å². The minimum atomic E-state index is -3.42. The first-order chi connectivity index (χ1) is 9.53. The predicted molar refractivity (Wildman–Crippen MR) is 80.6 cm³/mol. The van der Waals surface area contributed by atoms with Gasteiger partial charge in [0.25, 0.3) is 0 Å². The maximum Gasteiger partial charge on any atom is 0.250 e. The number of aliphatic hydroxyl groups excluding tert-OH is 1. The van der Waals surface area contributed by atoms with Crippen molar-refractivity contribution >= 4 is 21.4 Å². The highest BCUT2D eigenvalue weighted by Gasteiger charge is 2.22. The van der Waals surface area contributed by atoms with Crippen molar-refractivity contribution in [1.29, 1.82) is 0 Å². The highest BCUT2D eigenvalue weighted by Crippen LogP contribution is 2.22. The summed E-state index contributed by atoms with van der Waals surface area (Å²) < 4.78 is 27.4. The van der Waals surface area contributed by atoms with E-state index in [9.17, 15) is 8.42 Å². The van der Waals surface area contributed by atoms with Gasteiger partial charge in [-0.3, -0.25) is 4.90 Å². The van der Waals surface area contributed by atoms with Gasteiger partial charge < -0.3 is 5.11 Å². The standard InChI is InChI=1S/C13H22N2O3S2/c1-11(15-7-2-3-8-15)10-14-20(17,18)13-5-4-12(19-13)6-9-16/h4-5,11,14,16H,2-3,6-10H2,1H3. The predicted octanol–water partition coefficient (Wildman–Crippen LogP) is 1.05. The van der Waals surface area contributed by atoms with Crippen LogP contribution in [-0.2, 0) is 16.4 Å². The molecule has 0 aliphatic carbocycles. The number of sulfonamides is 1. The SMILES string of the molecule is CC(CNS(=O)(=O)c1ccc(CCO)s1)N1CCCC1. The minimum absolute atomic E-state index is 0.0411. The van der Waals surface area contributed by atoms with E-state index in [2.05, 4.69) is 16.5 Å². The number of nitrogens with zero attached hydrogens (tertiary/aromatic N) is 1. The van der Waals surface area contributed by atoms with Crippen LogP contribution in [0.5, 0.6) is 0 Å². The molecule has 1 saturated heterocycles. The van der Waals surface area contributed by atoms with E-state index in [0.29, 0.717) is 17.2 Å². The molecule has 2 heterocycles. The van der Waals surface area contributed by atoms with Crippen LogP contribution >= 0.6 is 11.3 Å². The van der Waals surface area contributed by atoms with Gasteiger partial charge in [-0.15, -0.1) is 11.3 Å². The Morgan fingerprint density at radius 3 is 2.75 bits per heavy atom. The van der Waals surface area contributed by atoms with Crippen LogP contribution in [-0.4, -0.2) is 50.7 Å². The lowest BCUT2D eigenvalue weighted by molar-refractivity contribution is 0.260. The molecule has 1 aliphatic heterocycles. The van der Waals surface area contributed by atoms with Crippen molar-refractivity contribution in [3.8, 4) is 0 Å². The summed E-state index contributed by atoms with van der Waals surface area (Å²) in [6, 6.07) is 3.60. The quantitative estimate of drug-likeness (QED) is 0.788. The third kappa shape index (κ3) is 4.02. The number of aliphatic hydroxyl groups is 1. The van der Waals surface area contributed by atoms with Crippen LogP contribution in [0.3, 0.4) is 0 Å². The average molecular weight is 318 g/mol. The van der Waals surface area contributed by atoms with Crippen LogP contribution in [0.1, 0.15) is 24.6 Å². The Balaban J connectivity index is 1.92. The fourth-order valence-electron chi connectivity index (χ4n) is 2.36. The molecule has 1 aromatic rings. The van der Waals surface area contributed by atoms with Crippen molar-refractivity contribution in [3.63, 3.8) is 0 Å². The van der Waals surface area contributed by atoms with Gasteiger partial charge in [-0.05, 0) is 45.0 Å². The highest BCUT2D eigenvalue weighted by molar-refractivity contribution is 7.91. The molecule has 7 heteroatoms. The zero-order valence-electron chi connectivity index (χ0n) is 11.7. The van der Waals surface area contributed by atoms with E-state index in [1.54, 1.807) is 12.1 Å². The van der Waals surface area contributed by atoms with Gasteiger partial charge >= 0.3 is 0 Å². The van der Waals surface area contributed by atoms with Crippen molar-refractivity contribution < 1.29 is 13.5 Å². The van der Waals surface area contributed by atoms with Gasteiger partial charge in [0.2, 0.25) is 10.0 Å². The third-order valence-corrected chi connectivity index (χ3v) is 6.65. The van der Waals surface area contributed by atoms with Gasteiger partial charge in [0, 0.05) is 30.5 Å². The van der Waals surface area contributed by atoms with E-state index in [4.69, 9.17) is 5.11 Å². The van der Waals surface area contributed by atoms with Gasteiger partial charge in [0.05, 0.1) is 0 Å². The molecule has 1 aromatic heterocycles. The molecule has 1 unspecified atom stereocenters. The number of likely N-dealkylation sites (tertiary alicyclic amines) is 1. The molecule has 0 spiro atoms. The summed E-state index contributed by atoms with van der Waals surface area (Å²) in [6.45, 7) is 4.65. The number of nitrogens with one attached hydrogen (secondary N) is 1. The van der Waals surface area contributed by atoms with Crippen LogP contribution in [0, 0.1) is 0 Å². The largest absolute Gasteiger partial charge is 0.396 e. The van der Waals surface area contributed by atoms with Gasteiger partial charge in [-0.2, -0.15) is 0 Å². The second kappa shape index (κ2) is 7.00. The fraction of sp³-hybridized carbons (Fsp3) is 0.692. The molecule has 114 valence electrons. The Morgan fingerprint density at radius 1 is 1.40 bits per heavy atom. The smallest absolute Gasteiger partial charge is 0.250 e. The summed E-state index contributed by atoms with van der Waals surface area (Å²) >= 11 is 1.22. The first kappa shape index (κ1) is 15.9. The van der Waals surface area contributed by atoms with Crippen LogP contribution in [0.15, 0.2) is 16.3 Å². The topological polar surface area (TPSA) is 69.6 Å². The van der Waals surface area contributed by atoms with Crippen molar-refractivity contribution in [2.75, 3.05) is 26.2 Å². The molecule has 20 heavy (non-hydrogen) atoms. The second-order valence-corrected chi connectivity index (χ2v) is 8.30. The lowest BCUT2D eigenvalue weighted by Gasteiger charge is -2.23. The zero-order chi connectivity index (χ0) is 14.6. The number of hydrogen-bond acceptors (Lipinski definition) is 5. The second-order valence-electron chi connectivity index (χ2n) is 5.14. The first-order valence-corrected chi connectivity index (χ1v) is 9.26. The molecule has 0 aromatic carbocycles. The summed E-state index contributed by atoms with van der Waals surface area (Å²) in [6.07, 6.45) is 2.91. The van der Waals surface area contributed by atoms with E-state index in [0.717, 1.165) is 18.0 Å². The molecule has 1 fully saturated rings. The molecule has 2 rings (SSSR count). The van der Waals surface area contributed by atoms with Crippen molar-refractivity contribution in [3.05, 3.63) is 17.0 Å². The lowest BCUT2D eigenvalue weighted by atomic mass is 10.3. The Morgan fingerprint density at radius 2 is 2.10 bits per heavy atom. The van der Waals surface area contributed by atoms with Crippen LogP contribution < -0.4 is 4.72 Å². The summed E-state index contributed by atoms with van der Waals surface area (Å²) in [4.78, 5) is 3.20. The van der Waals surface area contributed by atoms with Crippen molar-refractivity contribution in [2.24, 2.45) is 0 Å². The Hall–Kier alpha value is -0.470. The third-order valence-electron chi connectivity index (χ3n) is 3.59. The molecule has 0 bridgehead atoms. The molecular weight excluding hydrogens is 296 g/mol. The zero-order valence-corrected chi connectivity index (χ0v) is 13.3. The maximum absolute atomic E-state index is 12.2. The maximum atomic E-state index is 12.2. The molecule has 1 atom stereocenters. The number of hydrogen-bond donors (Lipinski definition) is 2. The van der Waals surface area contributed by atoms with Gasteiger partial charge in [0.1, 0.15) is 4.21 Å². The lowest BCUT2D eigenvalue weighted by Crippen LogP contribution is -2.40. The van der Waals surface area contributed by atoms with Crippen LogP contribution in [0.4, 0.5) is 0 Å². The normalized spacial score (nSPS) is 18.5. The molecule has 2 N–H and O–H groups in total. The van der Waals surface area contributed by atoms with E-state index in [-0.39, 0.29) is 12.6 Å². The van der Waals surface area contributed by atoms with Gasteiger partial charge in [-0.25, -0.2) is 13.1 Å². The van der Waals surface area contributed by atoms with Crippen molar-refractivity contribution in [1.82, 2.24) is 9.62 Å². The molecule has 5 nitrogen and oxygen atoms in total. The van der Waals surface area contributed by atoms with Gasteiger partial charge in [0.15, 0.2) is 0 Å². The monoisotopic (exact) mass is 318 g/mol.